The molecule has 3 heteroatoms. The summed E-state index contributed by atoms with van der Waals surface area (Å²) in [5.74, 6) is 4.56. The maximum absolute atomic E-state index is 5.48. The molecule has 1 aliphatic heterocycles. The Morgan fingerprint density at radius 3 is 3.21 bits per heavy atom. The van der Waals surface area contributed by atoms with Crippen molar-refractivity contribution < 1.29 is 4.74 Å². The molecule has 1 N–H and O–H groups in total. The van der Waals surface area contributed by atoms with E-state index in [9.17, 15) is 0 Å². The van der Waals surface area contributed by atoms with Crippen LogP contribution in [0.25, 0.3) is 0 Å². The van der Waals surface area contributed by atoms with Gasteiger partial charge < -0.3 is 10.1 Å². The Morgan fingerprint density at radius 1 is 1.64 bits per heavy atom. The lowest BCUT2D eigenvalue weighted by atomic mass is 10.0. The van der Waals surface area contributed by atoms with E-state index >= 15 is 0 Å². The molecule has 0 aromatic rings. The fourth-order valence-corrected chi connectivity index (χ4v) is 2.17. The molecular formula is C11H19NOS. The fraction of sp³-hybridized carbons (Fsp3) is 0.818. The number of hydrogen-bond donors (Lipinski definition) is 1. The predicted octanol–water partition coefficient (Wildman–Crippen LogP) is 1.51. The zero-order valence-corrected chi connectivity index (χ0v) is 9.61. The smallest absolute Gasteiger partial charge is 0.0561 e. The number of thioether (sulfide) groups is 1. The van der Waals surface area contributed by atoms with Crippen molar-refractivity contribution in [2.75, 3.05) is 24.7 Å². The molecule has 1 aliphatic rings. The van der Waals surface area contributed by atoms with Crippen LogP contribution in [0.2, 0.25) is 0 Å². The van der Waals surface area contributed by atoms with Crippen LogP contribution in [0.4, 0.5) is 0 Å². The Kier molecular flexibility index (Phi) is 6.09. The highest BCUT2D eigenvalue weighted by Gasteiger charge is 2.17. The van der Waals surface area contributed by atoms with Gasteiger partial charge in [0.25, 0.3) is 0 Å². The van der Waals surface area contributed by atoms with Gasteiger partial charge in [0, 0.05) is 24.9 Å². The van der Waals surface area contributed by atoms with E-state index in [1.807, 2.05) is 11.8 Å². The molecule has 0 aliphatic carbocycles. The maximum Gasteiger partial charge on any atom is 0.0561 e. The molecule has 0 amide bonds. The number of terminal acetylenes is 1. The predicted molar refractivity (Wildman–Crippen MR) is 62.6 cm³/mol. The van der Waals surface area contributed by atoms with E-state index in [0.29, 0.717) is 12.1 Å². The minimum absolute atomic E-state index is 0.416. The van der Waals surface area contributed by atoms with Crippen molar-refractivity contribution in [1.29, 1.82) is 0 Å². The average Bonchev–Trinajstić information content (AvgIpc) is 2.18. The highest BCUT2D eigenvalue weighted by Crippen LogP contribution is 2.12. The topological polar surface area (TPSA) is 21.3 Å². The first-order valence-electron chi connectivity index (χ1n) is 5.19. The maximum atomic E-state index is 5.48. The van der Waals surface area contributed by atoms with Crippen LogP contribution in [-0.4, -0.2) is 36.8 Å². The van der Waals surface area contributed by atoms with Gasteiger partial charge in [0.2, 0.25) is 0 Å². The summed E-state index contributed by atoms with van der Waals surface area (Å²) < 4.78 is 5.48. The number of nitrogens with one attached hydrogen (secondary N) is 1. The third-order valence-electron chi connectivity index (χ3n) is 2.35. The van der Waals surface area contributed by atoms with E-state index in [1.54, 1.807) is 0 Å². The second-order valence-corrected chi connectivity index (χ2v) is 4.72. The third-order valence-corrected chi connectivity index (χ3v) is 3.21. The lowest BCUT2D eigenvalue weighted by molar-refractivity contribution is 0.0138. The van der Waals surface area contributed by atoms with Crippen molar-refractivity contribution in [3.63, 3.8) is 0 Å². The quantitative estimate of drug-likeness (QED) is 0.552. The molecule has 1 saturated heterocycles. The Balaban J connectivity index is 1.98. The van der Waals surface area contributed by atoms with E-state index in [2.05, 4.69) is 18.2 Å². The molecule has 0 bridgehead atoms. The second-order valence-electron chi connectivity index (χ2n) is 3.61. The van der Waals surface area contributed by atoms with Gasteiger partial charge in [0.1, 0.15) is 0 Å². The number of ether oxygens (including phenoxy) is 1. The molecule has 0 aromatic carbocycles. The largest absolute Gasteiger partial charge is 0.378 e. The van der Waals surface area contributed by atoms with Crippen LogP contribution < -0.4 is 5.32 Å². The molecular weight excluding hydrogens is 194 g/mol. The van der Waals surface area contributed by atoms with Crippen LogP contribution in [-0.2, 0) is 4.74 Å². The molecule has 0 radical (unpaired) electrons. The first-order valence-corrected chi connectivity index (χ1v) is 6.34. The van der Waals surface area contributed by atoms with Gasteiger partial charge in [-0.3, -0.25) is 0 Å². The van der Waals surface area contributed by atoms with Gasteiger partial charge in [0.15, 0.2) is 0 Å². The first kappa shape index (κ1) is 11.9. The normalized spacial score (nSPS) is 27.1. The Hall–Kier alpha value is -0.170. The van der Waals surface area contributed by atoms with Crippen LogP contribution in [0.1, 0.15) is 19.8 Å². The van der Waals surface area contributed by atoms with Gasteiger partial charge >= 0.3 is 0 Å². The molecule has 80 valence electrons. The highest BCUT2D eigenvalue weighted by atomic mass is 32.2. The molecule has 0 spiro atoms. The summed E-state index contributed by atoms with van der Waals surface area (Å²) in [7, 11) is 0. The van der Waals surface area contributed by atoms with Crippen molar-refractivity contribution in [2.45, 2.75) is 31.9 Å². The van der Waals surface area contributed by atoms with Crippen molar-refractivity contribution in [2.24, 2.45) is 0 Å². The van der Waals surface area contributed by atoms with Gasteiger partial charge in [-0.2, -0.15) is 0 Å². The van der Waals surface area contributed by atoms with Crippen molar-refractivity contribution >= 4 is 11.8 Å². The highest BCUT2D eigenvalue weighted by molar-refractivity contribution is 7.99. The van der Waals surface area contributed by atoms with E-state index in [0.717, 1.165) is 37.5 Å². The third kappa shape index (κ3) is 4.90. The second kappa shape index (κ2) is 7.17. The molecule has 1 heterocycles. The van der Waals surface area contributed by atoms with Crippen molar-refractivity contribution in [3.8, 4) is 12.3 Å². The Bertz CT molecular complexity index is 190. The Labute approximate surface area is 91.2 Å². The summed E-state index contributed by atoms with van der Waals surface area (Å²) in [4.78, 5) is 0. The Morgan fingerprint density at radius 2 is 2.50 bits per heavy atom. The molecule has 0 aromatic heterocycles. The van der Waals surface area contributed by atoms with Crippen LogP contribution in [0.3, 0.4) is 0 Å². The number of rotatable bonds is 5. The standard InChI is InChI=1S/C11H19NOS/c1-3-7-14-8-5-12-11-4-6-13-10(2)9-11/h1,10-12H,4-9H2,2H3. The van der Waals surface area contributed by atoms with Crippen LogP contribution >= 0.6 is 11.8 Å². The minimum Gasteiger partial charge on any atom is -0.378 e. The molecule has 14 heavy (non-hydrogen) atoms. The van der Waals surface area contributed by atoms with Gasteiger partial charge in [-0.1, -0.05) is 5.92 Å². The van der Waals surface area contributed by atoms with Crippen molar-refractivity contribution in [3.05, 3.63) is 0 Å². The molecule has 2 nitrogen and oxygen atoms in total. The minimum atomic E-state index is 0.416. The molecule has 1 fully saturated rings. The summed E-state index contributed by atoms with van der Waals surface area (Å²) in [6, 6.07) is 0.644. The SMILES string of the molecule is C#CCSCCNC1CCOC(C)C1. The number of hydrogen-bond acceptors (Lipinski definition) is 3. The lowest BCUT2D eigenvalue weighted by Gasteiger charge is -2.27. The summed E-state index contributed by atoms with van der Waals surface area (Å²) >= 11 is 1.81. The summed E-state index contributed by atoms with van der Waals surface area (Å²) in [5, 5.41) is 3.54. The average molecular weight is 213 g/mol. The monoisotopic (exact) mass is 213 g/mol. The molecule has 1 rings (SSSR count). The van der Waals surface area contributed by atoms with E-state index in [-0.39, 0.29) is 0 Å². The molecule has 2 unspecified atom stereocenters. The van der Waals surface area contributed by atoms with Crippen LogP contribution in [0, 0.1) is 12.3 Å². The van der Waals surface area contributed by atoms with E-state index in [1.165, 1.54) is 0 Å². The molecule has 2 atom stereocenters. The fourth-order valence-electron chi connectivity index (χ4n) is 1.65. The van der Waals surface area contributed by atoms with E-state index < -0.39 is 0 Å². The van der Waals surface area contributed by atoms with Gasteiger partial charge in [-0.25, -0.2) is 0 Å². The summed E-state index contributed by atoms with van der Waals surface area (Å²) in [6.07, 6.45) is 7.86. The van der Waals surface area contributed by atoms with Gasteiger partial charge in [-0.05, 0) is 19.8 Å². The molecule has 0 saturated carbocycles. The van der Waals surface area contributed by atoms with Crippen molar-refractivity contribution in [1.82, 2.24) is 5.32 Å². The zero-order valence-electron chi connectivity index (χ0n) is 8.79. The lowest BCUT2D eigenvalue weighted by Crippen LogP contribution is -2.38. The van der Waals surface area contributed by atoms with Gasteiger partial charge in [0.05, 0.1) is 11.9 Å². The first-order chi connectivity index (χ1) is 6.83. The van der Waals surface area contributed by atoms with Gasteiger partial charge in [-0.15, -0.1) is 18.2 Å². The van der Waals surface area contributed by atoms with E-state index in [4.69, 9.17) is 11.2 Å². The van der Waals surface area contributed by atoms with Crippen LogP contribution in [0.5, 0.6) is 0 Å². The summed E-state index contributed by atoms with van der Waals surface area (Å²) in [5.41, 5.74) is 0. The zero-order chi connectivity index (χ0) is 10.2. The van der Waals surface area contributed by atoms with Crippen LogP contribution in [0.15, 0.2) is 0 Å². The summed E-state index contributed by atoms with van der Waals surface area (Å²) in [6.45, 7) is 4.10.